The summed E-state index contributed by atoms with van der Waals surface area (Å²) in [7, 11) is 0. The SMILES string of the molecule is Brc1ccc2nncc(N3CCN(Cc4ccccc4)CC3)c2c1. The van der Waals surface area contributed by atoms with Crippen molar-refractivity contribution in [3.05, 3.63) is 64.8 Å². The van der Waals surface area contributed by atoms with Crippen molar-refractivity contribution in [1.82, 2.24) is 15.1 Å². The molecule has 2 heterocycles. The zero-order valence-corrected chi connectivity index (χ0v) is 15.0. The van der Waals surface area contributed by atoms with Crippen LogP contribution in [0.1, 0.15) is 5.56 Å². The third-order valence-electron chi connectivity index (χ3n) is 4.54. The third-order valence-corrected chi connectivity index (χ3v) is 5.04. The quantitative estimate of drug-likeness (QED) is 0.690. The number of aromatic nitrogens is 2. The molecule has 2 aromatic carbocycles. The largest absolute Gasteiger partial charge is 0.367 e. The van der Waals surface area contributed by atoms with Crippen LogP contribution in [0.15, 0.2) is 59.2 Å². The number of anilines is 1. The molecule has 0 N–H and O–H groups in total. The summed E-state index contributed by atoms with van der Waals surface area (Å²) in [6, 6.07) is 16.8. The van der Waals surface area contributed by atoms with E-state index in [1.807, 2.05) is 18.3 Å². The van der Waals surface area contributed by atoms with Gasteiger partial charge in [0, 0.05) is 42.6 Å². The number of hydrogen-bond donors (Lipinski definition) is 0. The van der Waals surface area contributed by atoms with Crippen molar-refractivity contribution >= 4 is 32.5 Å². The summed E-state index contributed by atoms with van der Waals surface area (Å²) in [5, 5.41) is 9.59. The Morgan fingerprint density at radius 2 is 1.75 bits per heavy atom. The van der Waals surface area contributed by atoms with Gasteiger partial charge in [-0.15, -0.1) is 0 Å². The molecule has 0 radical (unpaired) electrons. The average Bonchev–Trinajstić information content (AvgIpc) is 2.63. The second-order valence-corrected chi connectivity index (χ2v) is 7.06. The van der Waals surface area contributed by atoms with Crippen molar-refractivity contribution in [2.45, 2.75) is 6.54 Å². The van der Waals surface area contributed by atoms with Gasteiger partial charge in [-0.1, -0.05) is 46.3 Å². The van der Waals surface area contributed by atoms with Crippen molar-refractivity contribution in [3.8, 4) is 0 Å². The van der Waals surface area contributed by atoms with Gasteiger partial charge in [0.05, 0.1) is 17.4 Å². The minimum absolute atomic E-state index is 0.947. The van der Waals surface area contributed by atoms with Crippen LogP contribution in [-0.2, 0) is 6.54 Å². The van der Waals surface area contributed by atoms with Crippen molar-refractivity contribution in [2.24, 2.45) is 0 Å². The van der Waals surface area contributed by atoms with Gasteiger partial charge in [-0.25, -0.2) is 0 Å². The van der Waals surface area contributed by atoms with Crippen LogP contribution < -0.4 is 4.90 Å². The lowest BCUT2D eigenvalue weighted by molar-refractivity contribution is 0.250. The van der Waals surface area contributed by atoms with Gasteiger partial charge in [0.2, 0.25) is 0 Å². The maximum atomic E-state index is 4.24. The van der Waals surface area contributed by atoms with Gasteiger partial charge in [0.25, 0.3) is 0 Å². The molecule has 4 nitrogen and oxygen atoms in total. The number of benzene rings is 2. The molecule has 0 unspecified atom stereocenters. The number of halogens is 1. The first-order valence-electron chi connectivity index (χ1n) is 8.22. The van der Waals surface area contributed by atoms with Crippen LogP contribution >= 0.6 is 15.9 Å². The Kier molecular flexibility index (Phi) is 4.45. The van der Waals surface area contributed by atoms with Crippen LogP contribution in [0.3, 0.4) is 0 Å². The Morgan fingerprint density at radius 3 is 2.54 bits per heavy atom. The molecule has 1 aromatic heterocycles. The highest BCUT2D eigenvalue weighted by Gasteiger charge is 2.19. The van der Waals surface area contributed by atoms with Crippen LogP contribution in [0.5, 0.6) is 0 Å². The highest BCUT2D eigenvalue weighted by Crippen LogP contribution is 2.28. The highest BCUT2D eigenvalue weighted by molar-refractivity contribution is 9.10. The van der Waals surface area contributed by atoms with E-state index in [-0.39, 0.29) is 0 Å². The van der Waals surface area contributed by atoms with E-state index < -0.39 is 0 Å². The molecule has 0 saturated carbocycles. The predicted octanol–water partition coefficient (Wildman–Crippen LogP) is 3.71. The van der Waals surface area contributed by atoms with Gasteiger partial charge in [-0.3, -0.25) is 4.90 Å². The zero-order chi connectivity index (χ0) is 16.4. The Labute approximate surface area is 150 Å². The van der Waals surface area contributed by atoms with E-state index in [2.05, 4.69) is 72.3 Å². The van der Waals surface area contributed by atoms with E-state index in [1.165, 1.54) is 11.3 Å². The Morgan fingerprint density at radius 1 is 0.958 bits per heavy atom. The lowest BCUT2D eigenvalue weighted by Gasteiger charge is -2.36. The lowest BCUT2D eigenvalue weighted by atomic mass is 10.1. The maximum absolute atomic E-state index is 4.24. The molecule has 4 rings (SSSR count). The molecule has 1 aliphatic heterocycles. The van der Waals surface area contributed by atoms with Gasteiger partial charge < -0.3 is 4.90 Å². The summed E-state index contributed by atoms with van der Waals surface area (Å²) in [4.78, 5) is 4.93. The fourth-order valence-electron chi connectivity index (χ4n) is 3.26. The molecule has 0 bridgehead atoms. The van der Waals surface area contributed by atoms with E-state index in [4.69, 9.17) is 0 Å². The fraction of sp³-hybridized carbons (Fsp3) is 0.263. The van der Waals surface area contributed by atoms with Gasteiger partial charge in [0.15, 0.2) is 0 Å². The first-order valence-corrected chi connectivity index (χ1v) is 9.01. The summed E-state index contributed by atoms with van der Waals surface area (Å²) in [6.45, 7) is 5.18. The first-order chi connectivity index (χ1) is 11.8. The summed E-state index contributed by atoms with van der Waals surface area (Å²) in [5.41, 5.74) is 3.51. The van der Waals surface area contributed by atoms with Crippen LogP contribution in [-0.4, -0.2) is 41.3 Å². The lowest BCUT2D eigenvalue weighted by Crippen LogP contribution is -2.46. The molecule has 0 atom stereocenters. The van der Waals surface area contributed by atoms with Crippen molar-refractivity contribution in [3.63, 3.8) is 0 Å². The van der Waals surface area contributed by atoms with Gasteiger partial charge in [-0.2, -0.15) is 10.2 Å². The number of rotatable bonds is 3. The Balaban J connectivity index is 1.49. The van der Waals surface area contributed by atoms with Gasteiger partial charge >= 0.3 is 0 Å². The average molecular weight is 383 g/mol. The molecule has 1 fully saturated rings. The topological polar surface area (TPSA) is 32.3 Å². The second-order valence-electron chi connectivity index (χ2n) is 6.14. The number of nitrogens with zero attached hydrogens (tertiary/aromatic N) is 4. The molecule has 0 spiro atoms. The molecule has 1 saturated heterocycles. The van der Waals surface area contributed by atoms with Crippen molar-refractivity contribution in [2.75, 3.05) is 31.1 Å². The molecule has 3 aromatic rings. The van der Waals surface area contributed by atoms with E-state index in [0.717, 1.165) is 48.1 Å². The summed E-state index contributed by atoms with van der Waals surface area (Å²) < 4.78 is 1.08. The summed E-state index contributed by atoms with van der Waals surface area (Å²) >= 11 is 3.56. The molecule has 0 amide bonds. The zero-order valence-electron chi connectivity index (χ0n) is 13.4. The standard InChI is InChI=1S/C19H19BrN4/c20-16-6-7-18-17(12-16)19(13-21-22-18)24-10-8-23(9-11-24)14-15-4-2-1-3-5-15/h1-7,12-13H,8-11,14H2. The first kappa shape index (κ1) is 15.5. The molecule has 1 aliphatic rings. The molecular weight excluding hydrogens is 364 g/mol. The molecule has 5 heteroatoms. The second kappa shape index (κ2) is 6.87. The number of hydrogen-bond acceptors (Lipinski definition) is 4. The van der Waals surface area contributed by atoms with E-state index in [0.29, 0.717) is 0 Å². The fourth-order valence-corrected chi connectivity index (χ4v) is 3.62. The highest BCUT2D eigenvalue weighted by atomic mass is 79.9. The smallest absolute Gasteiger partial charge is 0.0951 e. The van der Waals surface area contributed by atoms with E-state index in [1.54, 1.807) is 0 Å². The Hall–Kier alpha value is -1.98. The number of fused-ring (bicyclic) bond motifs is 1. The molecule has 122 valence electrons. The maximum Gasteiger partial charge on any atom is 0.0951 e. The van der Waals surface area contributed by atoms with Crippen LogP contribution in [0, 0.1) is 0 Å². The summed E-state index contributed by atoms with van der Waals surface area (Å²) in [5.74, 6) is 0. The van der Waals surface area contributed by atoms with Gasteiger partial charge in [0.1, 0.15) is 0 Å². The van der Waals surface area contributed by atoms with Crippen LogP contribution in [0.25, 0.3) is 10.9 Å². The number of piperazine rings is 1. The predicted molar refractivity (Wildman–Crippen MR) is 101 cm³/mol. The Bertz CT molecular complexity index is 829. The molecule has 0 aliphatic carbocycles. The van der Waals surface area contributed by atoms with Crippen LogP contribution in [0.2, 0.25) is 0 Å². The molecular formula is C19H19BrN4. The minimum Gasteiger partial charge on any atom is -0.367 e. The van der Waals surface area contributed by atoms with Crippen molar-refractivity contribution < 1.29 is 0 Å². The normalized spacial score (nSPS) is 15.8. The third kappa shape index (κ3) is 3.28. The van der Waals surface area contributed by atoms with Crippen molar-refractivity contribution in [1.29, 1.82) is 0 Å². The van der Waals surface area contributed by atoms with E-state index >= 15 is 0 Å². The van der Waals surface area contributed by atoms with Gasteiger partial charge in [-0.05, 0) is 23.8 Å². The summed E-state index contributed by atoms with van der Waals surface area (Å²) in [6.07, 6.45) is 1.89. The minimum atomic E-state index is 0.947. The van der Waals surface area contributed by atoms with E-state index in [9.17, 15) is 0 Å². The van der Waals surface area contributed by atoms with Crippen LogP contribution in [0.4, 0.5) is 5.69 Å². The molecule has 24 heavy (non-hydrogen) atoms. The monoisotopic (exact) mass is 382 g/mol.